The van der Waals surface area contributed by atoms with Gasteiger partial charge in [0.25, 0.3) is 0 Å². The van der Waals surface area contributed by atoms with Gasteiger partial charge in [0, 0.05) is 6.42 Å². The Balaban J connectivity index is 4.75. The van der Waals surface area contributed by atoms with Crippen LogP contribution in [-0.2, 0) is 14.3 Å². The standard InChI is InChI=1S/C35H68O4/c1-7-11-22-30(9-3)26-33(35(38)39-28-31(10-4)23-12-8-2)27-32(29(5)6)24-20-18-16-14-13-15-17-19-21-25-34(36)37/h29-33H,7-28H2,1-6H3,(H,36,37). The van der Waals surface area contributed by atoms with Gasteiger partial charge in [0.1, 0.15) is 0 Å². The van der Waals surface area contributed by atoms with Gasteiger partial charge in [0.15, 0.2) is 0 Å². The Morgan fingerprint density at radius 3 is 1.64 bits per heavy atom. The highest BCUT2D eigenvalue weighted by Crippen LogP contribution is 2.32. The molecule has 0 aromatic heterocycles. The van der Waals surface area contributed by atoms with Crippen molar-refractivity contribution in [3.8, 4) is 0 Å². The lowest BCUT2D eigenvalue weighted by atomic mass is 9.78. The molecule has 4 unspecified atom stereocenters. The third kappa shape index (κ3) is 21.4. The average Bonchev–Trinajstić information content (AvgIpc) is 2.91. The van der Waals surface area contributed by atoms with E-state index >= 15 is 0 Å². The molecule has 4 heteroatoms. The number of carboxylic acid groups (broad SMARTS) is 1. The zero-order chi connectivity index (χ0) is 29.3. The SMILES string of the molecule is CCCCC(CC)COC(=O)C(CC(CC)CCCC)CC(CCCCCCCCCCCC(=O)O)C(C)C. The fraction of sp³-hybridized carbons (Fsp3) is 0.943. The third-order valence-electron chi connectivity index (χ3n) is 8.99. The van der Waals surface area contributed by atoms with E-state index in [2.05, 4.69) is 41.5 Å². The minimum absolute atomic E-state index is 0.0454. The molecule has 0 amide bonds. The van der Waals surface area contributed by atoms with Crippen molar-refractivity contribution in [1.82, 2.24) is 0 Å². The van der Waals surface area contributed by atoms with Crippen molar-refractivity contribution < 1.29 is 19.4 Å². The molecule has 0 saturated carbocycles. The van der Waals surface area contributed by atoms with E-state index in [-0.39, 0.29) is 11.9 Å². The molecule has 232 valence electrons. The largest absolute Gasteiger partial charge is 0.481 e. The number of hydrogen-bond donors (Lipinski definition) is 1. The molecule has 0 spiro atoms. The molecule has 4 nitrogen and oxygen atoms in total. The molecule has 0 aromatic carbocycles. The molecule has 4 atom stereocenters. The molecule has 0 bridgehead atoms. The van der Waals surface area contributed by atoms with Crippen LogP contribution >= 0.6 is 0 Å². The van der Waals surface area contributed by atoms with Crippen LogP contribution in [0.2, 0.25) is 0 Å². The summed E-state index contributed by atoms with van der Waals surface area (Å²) >= 11 is 0. The molecule has 0 saturated heterocycles. The first-order valence-corrected chi connectivity index (χ1v) is 17.2. The predicted molar refractivity (Wildman–Crippen MR) is 167 cm³/mol. The maximum absolute atomic E-state index is 13.4. The first-order chi connectivity index (χ1) is 18.8. The molecule has 0 aliphatic rings. The Labute approximate surface area is 243 Å². The quantitative estimate of drug-likeness (QED) is 0.0774. The number of rotatable bonds is 28. The van der Waals surface area contributed by atoms with Crippen LogP contribution in [0.25, 0.3) is 0 Å². The molecule has 0 rings (SSSR count). The van der Waals surface area contributed by atoms with Crippen LogP contribution in [0, 0.1) is 29.6 Å². The number of ether oxygens (including phenoxy) is 1. The van der Waals surface area contributed by atoms with Crippen LogP contribution in [0.5, 0.6) is 0 Å². The summed E-state index contributed by atoms with van der Waals surface area (Å²) in [6, 6.07) is 0. The first-order valence-electron chi connectivity index (χ1n) is 17.2. The average molecular weight is 553 g/mol. The lowest BCUT2D eigenvalue weighted by molar-refractivity contribution is -0.151. The number of carboxylic acids is 1. The zero-order valence-electron chi connectivity index (χ0n) is 27.1. The number of esters is 1. The highest BCUT2D eigenvalue weighted by molar-refractivity contribution is 5.72. The van der Waals surface area contributed by atoms with Gasteiger partial charge >= 0.3 is 11.9 Å². The lowest BCUT2D eigenvalue weighted by Gasteiger charge is -2.28. The maximum Gasteiger partial charge on any atom is 0.308 e. The number of unbranched alkanes of at least 4 members (excludes halogenated alkanes) is 10. The van der Waals surface area contributed by atoms with Gasteiger partial charge in [-0.2, -0.15) is 0 Å². The molecular formula is C35H68O4. The number of carbonyl (C=O) groups excluding carboxylic acids is 1. The van der Waals surface area contributed by atoms with Crippen LogP contribution in [0.15, 0.2) is 0 Å². The molecule has 0 aliphatic heterocycles. The Morgan fingerprint density at radius 1 is 0.641 bits per heavy atom. The Bertz CT molecular complexity index is 573. The summed E-state index contributed by atoms with van der Waals surface area (Å²) in [6.45, 7) is 14.3. The van der Waals surface area contributed by atoms with Gasteiger partial charge < -0.3 is 9.84 Å². The second-order valence-electron chi connectivity index (χ2n) is 12.7. The molecule has 1 N–H and O–H groups in total. The van der Waals surface area contributed by atoms with E-state index in [0.29, 0.717) is 36.7 Å². The van der Waals surface area contributed by atoms with Crippen LogP contribution in [0.4, 0.5) is 0 Å². The van der Waals surface area contributed by atoms with Crippen molar-refractivity contribution in [1.29, 1.82) is 0 Å². The molecule has 0 fully saturated rings. The topological polar surface area (TPSA) is 63.6 Å². The summed E-state index contributed by atoms with van der Waals surface area (Å²) in [4.78, 5) is 24.0. The van der Waals surface area contributed by atoms with Gasteiger partial charge in [-0.25, -0.2) is 0 Å². The summed E-state index contributed by atoms with van der Waals surface area (Å²) in [7, 11) is 0. The van der Waals surface area contributed by atoms with Crippen molar-refractivity contribution in [2.24, 2.45) is 29.6 Å². The van der Waals surface area contributed by atoms with Crippen molar-refractivity contribution in [3.63, 3.8) is 0 Å². The van der Waals surface area contributed by atoms with Crippen LogP contribution in [-0.4, -0.2) is 23.7 Å². The maximum atomic E-state index is 13.4. The summed E-state index contributed by atoms with van der Waals surface area (Å²) in [6.07, 6.45) is 23.7. The summed E-state index contributed by atoms with van der Waals surface area (Å²) in [5.74, 6) is 1.76. The van der Waals surface area contributed by atoms with Gasteiger partial charge in [-0.15, -0.1) is 0 Å². The molecule has 0 radical (unpaired) electrons. The highest BCUT2D eigenvalue weighted by atomic mass is 16.5. The van der Waals surface area contributed by atoms with Gasteiger partial charge in [-0.3, -0.25) is 9.59 Å². The van der Waals surface area contributed by atoms with E-state index in [1.807, 2.05) is 0 Å². The van der Waals surface area contributed by atoms with Crippen molar-refractivity contribution in [2.75, 3.05) is 6.61 Å². The van der Waals surface area contributed by atoms with E-state index < -0.39 is 5.97 Å². The van der Waals surface area contributed by atoms with Crippen molar-refractivity contribution in [2.45, 2.75) is 176 Å². The Kier molecular flexibility index (Phi) is 25.2. The number of hydrogen-bond acceptors (Lipinski definition) is 3. The summed E-state index contributed by atoms with van der Waals surface area (Å²) < 4.78 is 6.03. The Morgan fingerprint density at radius 2 is 1.15 bits per heavy atom. The Hall–Kier alpha value is -1.06. The van der Waals surface area contributed by atoms with E-state index in [9.17, 15) is 9.59 Å². The number of carbonyl (C=O) groups is 2. The van der Waals surface area contributed by atoms with Gasteiger partial charge in [-0.05, 0) is 49.4 Å². The third-order valence-corrected chi connectivity index (χ3v) is 8.99. The normalized spacial score (nSPS) is 14.7. The molecular weight excluding hydrogens is 484 g/mol. The predicted octanol–water partition coefficient (Wildman–Crippen LogP) is 11.0. The summed E-state index contributed by atoms with van der Waals surface area (Å²) in [5, 5.41) is 8.72. The highest BCUT2D eigenvalue weighted by Gasteiger charge is 2.28. The fourth-order valence-corrected chi connectivity index (χ4v) is 5.90. The van der Waals surface area contributed by atoms with Crippen molar-refractivity contribution in [3.05, 3.63) is 0 Å². The first kappa shape index (κ1) is 37.9. The second-order valence-corrected chi connectivity index (χ2v) is 12.7. The zero-order valence-corrected chi connectivity index (χ0v) is 27.1. The van der Waals surface area contributed by atoms with Crippen LogP contribution in [0.1, 0.15) is 176 Å². The van der Waals surface area contributed by atoms with E-state index in [0.717, 1.165) is 44.9 Å². The molecule has 39 heavy (non-hydrogen) atoms. The van der Waals surface area contributed by atoms with Gasteiger partial charge in [-0.1, -0.05) is 144 Å². The fourth-order valence-electron chi connectivity index (χ4n) is 5.90. The lowest BCUT2D eigenvalue weighted by Crippen LogP contribution is -2.27. The minimum Gasteiger partial charge on any atom is -0.481 e. The smallest absolute Gasteiger partial charge is 0.308 e. The van der Waals surface area contributed by atoms with Gasteiger partial charge in [0.05, 0.1) is 12.5 Å². The monoisotopic (exact) mass is 553 g/mol. The van der Waals surface area contributed by atoms with Crippen molar-refractivity contribution >= 4 is 11.9 Å². The van der Waals surface area contributed by atoms with E-state index in [1.54, 1.807) is 0 Å². The second kappa shape index (κ2) is 25.9. The molecule has 0 aliphatic carbocycles. The van der Waals surface area contributed by atoms with Crippen LogP contribution in [0.3, 0.4) is 0 Å². The minimum atomic E-state index is -0.674. The summed E-state index contributed by atoms with van der Waals surface area (Å²) in [5.41, 5.74) is 0. The van der Waals surface area contributed by atoms with Crippen LogP contribution < -0.4 is 0 Å². The molecule has 0 aromatic rings. The van der Waals surface area contributed by atoms with Gasteiger partial charge in [0.2, 0.25) is 0 Å². The molecule has 0 heterocycles. The number of aliphatic carboxylic acids is 1. The van der Waals surface area contributed by atoms with E-state index in [4.69, 9.17) is 9.84 Å². The van der Waals surface area contributed by atoms with E-state index in [1.165, 1.54) is 83.5 Å².